The summed E-state index contributed by atoms with van der Waals surface area (Å²) < 4.78 is 25.2. The smallest absolute Gasteiger partial charge is 0.337 e. The molecule has 150 valence electrons. The Labute approximate surface area is 167 Å². The maximum atomic E-state index is 15.4. The Morgan fingerprint density at radius 2 is 1.79 bits per heavy atom. The molecule has 0 amide bonds. The molecule has 0 bridgehead atoms. The first-order valence-corrected chi connectivity index (χ1v) is 8.87. The van der Waals surface area contributed by atoms with Crippen molar-refractivity contribution in [1.29, 1.82) is 0 Å². The topological polar surface area (TPSA) is 86.2 Å². The number of benzene rings is 1. The molecule has 1 N–H and O–H groups in total. The van der Waals surface area contributed by atoms with Crippen molar-refractivity contribution in [3.63, 3.8) is 0 Å². The molecule has 1 atom stereocenters. The Balaban J connectivity index is 1.73. The molecule has 1 unspecified atom stereocenters. The normalized spacial score (nSPS) is 12.8. The van der Waals surface area contributed by atoms with Gasteiger partial charge in [-0.05, 0) is 36.8 Å². The number of carbonyl (C=O) groups is 1. The van der Waals surface area contributed by atoms with Crippen LogP contribution in [-0.2, 0) is 21.7 Å². The van der Waals surface area contributed by atoms with Crippen molar-refractivity contribution < 1.29 is 18.7 Å². The number of rotatable bonds is 7. The van der Waals surface area contributed by atoms with Crippen molar-refractivity contribution in [2.45, 2.75) is 19.2 Å². The maximum absolute atomic E-state index is 15.4. The van der Waals surface area contributed by atoms with E-state index in [9.17, 15) is 4.79 Å². The van der Waals surface area contributed by atoms with E-state index >= 15 is 4.39 Å². The van der Waals surface area contributed by atoms with E-state index in [4.69, 9.17) is 4.74 Å². The van der Waals surface area contributed by atoms with Gasteiger partial charge >= 0.3 is 5.97 Å². The summed E-state index contributed by atoms with van der Waals surface area (Å²) in [6.45, 7) is 1.89. The van der Waals surface area contributed by atoms with Crippen molar-refractivity contribution in [1.82, 2.24) is 15.0 Å². The van der Waals surface area contributed by atoms with Gasteiger partial charge in [0.15, 0.2) is 0 Å². The molecule has 2 heterocycles. The van der Waals surface area contributed by atoms with Gasteiger partial charge in [0.05, 0.1) is 12.7 Å². The zero-order valence-corrected chi connectivity index (χ0v) is 16.3. The van der Waals surface area contributed by atoms with Gasteiger partial charge in [-0.1, -0.05) is 12.1 Å². The van der Waals surface area contributed by atoms with Gasteiger partial charge in [-0.2, -0.15) is 0 Å². The van der Waals surface area contributed by atoms with Crippen LogP contribution in [0.5, 0.6) is 0 Å². The summed E-state index contributed by atoms with van der Waals surface area (Å²) >= 11 is 0. The molecule has 0 saturated heterocycles. The number of pyridine rings is 1. The summed E-state index contributed by atoms with van der Waals surface area (Å²) in [4.78, 5) is 24.2. The number of esters is 1. The number of ether oxygens (including phenoxy) is 2. The minimum atomic E-state index is -2.09. The van der Waals surface area contributed by atoms with Crippen LogP contribution in [0.1, 0.15) is 27.2 Å². The minimum Gasteiger partial charge on any atom is -0.465 e. The second-order valence-corrected chi connectivity index (χ2v) is 6.40. The lowest BCUT2D eigenvalue weighted by atomic mass is 9.99. The molecule has 0 spiro atoms. The van der Waals surface area contributed by atoms with Gasteiger partial charge in [0.2, 0.25) is 11.8 Å². The molecular formula is C21H21FN4O3. The molecule has 1 aromatic carbocycles. The van der Waals surface area contributed by atoms with Crippen molar-refractivity contribution >= 4 is 17.6 Å². The van der Waals surface area contributed by atoms with Gasteiger partial charge in [-0.15, -0.1) is 0 Å². The number of hydrogen-bond donors (Lipinski definition) is 1. The lowest BCUT2D eigenvalue weighted by molar-refractivity contribution is -0.128. The van der Waals surface area contributed by atoms with Crippen LogP contribution >= 0.6 is 0 Å². The Morgan fingerprint density at radius 3 is 2.38 bits per heavy atom. The van der Waals surface area contributed by atoms with Gasteiger partial charge in [-0.3, -0.25) is 4.98 Å². The molecule has 8 heteroatoms. The second-order valence-electron chi connectivity index (χ2n) is 6.40. The fourth-order valence-corrected chi connectivity index (χ4v) is 2.79. The van der Waals surface area contributed by atoms with Crippen molar-refractivity contribution in [2.75, 3.05) is 19.5 Å². The van der Waals surface area contributed by atoms with E-state index in [1.54, 1.807) is 24.7 Å². The first-order valence-electron chi connectivity index (χ1n) is 8.87. The molecule has 0 aliphatic carbocycles. The van der Waals surface area contributed by atoms with Gasteiger partial charge in [0.25, 0.3) is 0 Å². The fourth-order valence-electron chi connectivity index (χ4n) is 2.79. The lowest BCUT2D eigenvalue weighted by Crippen LogP contribution is -2.26. The van der Waals surface area contributed by atoms with Crippen LogP contribution in [0.25, 0.3) is 0 Å². The highest BCUT2D eigenvalue weighted by molar-refractivity contribution is 5.89. The molecule has 7 nitrogen and oxygen atoms in total. The number of nitrogens with one attached hydrogen (secondary N) is 1. The number of halogens is 1. The van der Waals surface area contributed by atoms with Crippen LogP contribution in [0, 0.1) is 6.92 Å². The summed E-state index contributed by atoms with van der Waals surface area (Å²) in [5, 5.41) is 3.07. The Bertz CT molecular complexity index is 980. The lowest BCUT2D eigenvalue weighted by Gasteiger charge is -2.24. The summed E-state index contributed by atoms with van der Waals surface area (Å²) in [7, 11) is 2.58. The number of methoxy groups -OCH3 is 2. The summed E-state index contributed by atoms with van der Waals surface area (Å²) in [5.74, 6) is -2.18. The Morgan fingerprint density at radius 1 is 1.10 bits per heavy atom. The molecule has 3 aromatic rings. The van der Waals surface area contributed by atoms with E-state index in [0.29, 0.717) is 17.1 Å². The van der Waals surface area contributed by atoms with E-state index in [1.807, 2.05) is 13.0 Å². The SMILES string of the molecule is COC(=O)c1ccc(C(F)(Cc2cnc(Nc3ccnc(C)c3)nc2)OC)cc1. The largest absolute Gasteiger partial charge is 0.465 e. The van der Waals surface area contributed by atoms with Crippen LogP contribution in [-0.4, -0.2) is 35.1 Å². The number of aromatic nitrogens is 3. The van der Waals surface area contributed by atoms with E-state index in [2.05, 4.69) is 25.0 Å². The minimum absolute atomic E-state index is 0.0876. The van der Waals surface area contributed by atoms with Gasteiger partial charge < -0.3 is 14.8 Å². The van der Waals surface area contributed by atoms with E-state index in [-0.39, 0.29) is 12.0 Å². The third kappa shape index (κ3) is 4.91. The third-order valence-electron chi connectivity index (χ3n) is 4.35. The van der Waals surface area contributed by atoms with Crippen LogP contribution in [0.4, 0.5) is 16.0 Å². The predicted octanol–water partition coefficient (Wildman–Crippen LogP) is 3.72. The second kappa shape index (κ2) is 8.74. The monoisotopic (exact) mass is 396 g/mol. The number of aryl methyl sites for hydroxylation is 1. The highest BCUT2D eigenvalue weighted by atomic mass is 19.2. The molecule has 0 aliphatic rings. The number of carbonyl (C=O) groups excluding carboxylic acids is 1. The first-order chi connectivity index (χ1) is 13.9. The molecular weight excluding hydrogens is 375 g/mol. The van der Waals surface area contributed by atoms with Crippen molar-refractivity contribution in [3.8, 4) is 0 Å². The van der Waals surface area contributed by atoms with Gasteiger partial charge in [0, 0.05) is 49.1 Å². The first kappa shape index (κ1) is 20.3. The van der Waals surface area contributed by atoms with Crippen molar-refractivity contribution in [2.24, 2.45) is 0 Å². The Kier molecular flexibility index (Phi) is 6.13. The summed E-state index contributed by atoms with van der Waals surface area (Å²) in [6.07, 6.45) is 4.68. The van der Waals surface area contributed by atoms with E-state index in [0.717, 1.165) is 11.4 Å². The van der Waals surface area contributed by atoms with Gasteiger partial charge in [-0.25, -0.2) is 19.2 Å². The van der Waals surface area contributed by atoms with Crippen LogP contribution in [0.3, 0.4) is 0 Å². The van der Waals surface area contributed by atoms with Crippen molar-refractivity contribution in [3.05, 3.63) is 77.4 Å². The molecule has 0 radical (unpaired) electrons. The molecule has 0 fully saturated rings. The number of nitrogens with zero attached hydrogens (tertiary/aromatic N) is 3. The highest BCUT2D eigenvalue weighted by Gasteiger charge is 2.32. The molecule has 2 aromatic heterocycles. The summed E-state index contributed by atoms with van der Waals surface area (Å²) in [5.41, 5.74) is 2.85. The van der Waals surface area contributed by atoms with E-state index < -0.39 is 11.8 Å². The predicted molar refractivity (Wildman–Crippen MR) is 106 cm³/mol. The van der Waals surface area contributed by atoms with Gasteiger partial charge in [0.1, 0.15) is 0 Å². The average Bonchev–Trinajstić information content (AvgIpc) is 2.74. The van der Waals surface area contributed by atoms with Crippen LogP contribution in [0.15, 0.2) is 55.0 Å². The number of alkyl halides is 1. The Hall–Kier alpha value is -3.39. The average molecular weight is 396 g/mol. The van der Waals surface area contributed by atoms with Crippen LogP contribution in [0.2, 0.25) is 0 Å². The third-order valence-corrected chi connectivity index (χ3v) is 4.35. The zero-order valence-electron chi connectivity index (χ0n) is 16.3. The molecule has 29 heavy (non-hydrogen) atoms. The highest BCUT2D eigenvalue weighted by Crippen LogP contribution is 2.31. The quantitative estimate of drug-likeness (QED) is 0.609. The number of anilines is 2. The molecule has 0 aliphatic heterocycles. The zero-order chi connectivity index (χ0) is 20.9. The van der Waals surface area contributed by atoms with Crippen LogP contribution < -0.4 is 5.32 Å². The molecule has 3 rings (SSSR count). The summed E-state index contributed by atoms with van der Waals surface area (Å²) in [6, 6.07) is 9.66. The molecule has 0 saturated carbocycles. The maximum Gasteiger partial charge on any atom is 0.337 e. The fraction of sp³-hybridized carbons (Fsp3) is 0.238. The number of hydrogen-bond acceptors (Lipinski definition) is 7. The van der Waals surface area contributed by atoms with E-state index in [1.165, 1.54) is 38.5 Å². The standard InChI is InChI=1S/C21H21FN4O3/c1-14-10-18(8-9-23-14)26-20-24-12-15(13-25-20)11-21(22,29-3)17-6-4-16(5-7-17)19(27)28-2/h4-10,12-13H,11H2,1-3H3,(H,23,24,25,26).